The number of carbonyl (C=O) groups excluding carboxylic acids is 4. The van der Waals surface area contributed by atoms with Crippen LogP contribution in [0.4, 0.5) is 0 Å². The van der Waals surface area contributed by atoms with E-state index in [1.165, 1.54) is 27.7 Å². The van der Waals surface area contributed by atoms with Gasteiger partial charge in [-0.15, -0.1) is 0 Å². The predicted octanol–water partition coefficient (Wildman–Crippen LogP) is 7.73. The Balaban J connectivity index is 2.34. The van der Waals surface area contributed by atoms with Gasteiger partial charge in [0.05, 0.1) is 0 Å². The fourth-order valence-corrected chi connectivity index (χ4v) is 2.99. The van der Waals surface area contributed by atoms with Crippen molar-refractivity contribution < 1.29 is 57.1 Å². The zero-order chi connectivity index (χ0) is 37.1. The molecule has 0 amide bonds. The smallest absolute Gasteiger partial charge is 0.338 e. The van der Waals surface area contributed by atoms with E-state index in [-0.39, 0.29) is 45.3 Å². The predicted molar refractivity (Wildman–Crippen MR) is 185 cm³/mol. The van der Waals surface area contributed by atoms with Crippen LogP contribution < -0.4 is 18.9 Å². The Labute approximate surface area is 289 Å². The zero-order valence-corrected chi connectivity index (χ0v) is 28.0. The largest absolute Gasteiger partial charge is 0.458 e. The lowest BCUT2D eigenvalue weighted by molar-refractivity contribution is -0.134. The molecule has 0 aliphatic heterocycles. The van der Waals surface area contributed by atoms with Crippen molar-refractivity contribution in [3.63, 3.8) is 0 Å². The monoisotopic (exact) mass is 684 g/mol. The van der Waals surface area contributed by atoms with Crippen LogP contribution in [0.15, 0.2) is 135 Å². The van der Waals surface area contributed by atoms with Gasteiger partial charge in [0.1, 0.15) is 50.1 Å². The third kappa shape index (κ3) is 14.3. The standard InChI is InChI=1S/C38H36O12/c1-25(2)35(39)47-19-15-43-31-13-11-29(23-33(31)45-17-21-49-37(41)27(5)6)9-10-30-12-14-32(44-16-20-48-36(40)26(3)4)34(24-30)46-18-22-50-38(42)28(7)8/h9-24H,1,3,5,7H2,2,4,6,8H3. The minimum atomic E-state index is -0.634. The molecule has 0 saturated carbocycles. The SMILES string of the molecule is C=C(C)C(=O)OC=COc1ccc(C=Cc2ccc(OC=COC(=O)C(=C)C)c(OC=COC(=O)C(=C)C)c2)cc1OC=COC(=O)C(=C)C. The molecule has 50 heavy (non-hydrogen) atoms. The third-order valence-corrected chi connectivity index (χ3v) is 5.50. The Morgan fingerprint density at radius 2 is 0.680 bits per heavy atom. The molecule has 2 aromatic rings. The van der Waals surface area contributed by atoms with Crippen molar-refractivity contribution in [3.8, 4) is 23.0 Å². The minimum absolute atomic E-state index is 0.205. The van der Waals surface area contributed by atoms with E-state index in [0.29, 0.717) is 11.1 Å². The van der Waals surface area contributed by atoms with Gasteiger partial charge in [-0.2, -0.15) is 0 Å². The van der Waals surface area contributed by atoms with Gasteiger partial charge >= 0.3 is 23.9 Å². The molecule has 2 rings (SSSR count). The van der Waals surface area contributed by atoms with E-state index in [4.69, 9.17) is 37.9 Å². The van der Waals surface area contributed by atoms with Gasteiger partial charge in [-0.25, -0.2) is 19.2 Å². The maximum atomic E-state index is 11.7. The van der Waals surface area contributed by atoms with E-state index < -0.39 is 23.9 Å². The molecule has 260 valence electrons. The summed E-state index contributed by atoms with van der Waals surface area (Å²) in [5, 5.41) is 0. The van der Waals surface area contributed by atoms with Gasteiger partial charge in [-0.05, 0) is 63.1 Å². The molecule has 0 bridgehead atoms. The summed E-state index contributed by atoms with van der Waals surface area (Å²) >= 11 is 0. The van der Waals surface area contributed by atoms with Crippen molar-refractivity contribution in [2.45, 2.75) is 27.7 Å². The topological polar surface area (TPSA) is 142 Å². The summed E-state index contributed by atoms with van der Waals surface area (Å²) in [6.45, 7) is 20.0. The number of benzene rings is 2. The molecule has 2 aromatic carbocycles. The van der Waals surface area contributed by atoms with Crippen LogP contribution in [0.3, 0.4) is 0 Å². The normalized spacial score (nSPS) is 11.0. The van der Waals surface area contributed by atoms with Crippen LogP contribution in [-0.4, -0.2) is 23.9 Å². The van der Waals surface area contributed by atoms with E-state index >= 15 is 0 Å². The molecule has 0 radical (unpaired) electrons. The van der Waals surface area contributed by atoms with E-state index in [2.05, 4.69) is 26.3 Å². The lowest BCUT2D eigenvalue weighted by Gasteiger charge is -2.10. The van der Waals surface area contributed by atoms with Crippen LogP contribution in [0.1, 0.15) is 38.8 Å². The van der Waals surface area contributed by atoms with Crippen LogP contribution in [0.25, 0.3) is 12.2 Å². The average Bonchev–Trinajstić information content (AvgIpc) is 3.08. The van der Waals surface area contributed by atoms with Gasteiger partial charge in [-0.1, -0.05) is 50.6 Å². The minimum Gasteiger partial charge on any atom is -0.458 e. The van der Waals surface area contributed by atoms with Crippen molar-refractivity contribution in [2.24, 2.45) is 0 Å². The summed E-state index contributed by atoms with van der Waals surface area (Å²) in [4.78, 5) is 46.6. The molecule has 0 atom stereocenters. The number of esters is 4. The average molecular weight is 685 g/mol. The highest BCUT2D eigenvalue weighted by Crippen LogP contribution is 2.32. The lowest BCUT2D eigenvalue weighted by Crippen LogP contribution is -2.00. The molecule has 12 nitrogen and oxygen atoms in total. The molecule has 0 fully saturated rings. The molecular formula is C38H36O12. The fourth-order valence-electron chi connectivity index (χ4n) is 2.99. The Morgan fingerprint density at radius 3 is 0.940 bits per heavy atom. The number of carbonyl (C=O) groups is 4. The molecule has 12 heteroatoms. The molecule has 0 aromatic heterocycles. The highest BCUT2D eigenvalue weighted by molar-refractivity contribution is 5.88. The van der Waals surface area contributed by atoms with Gasteiger partial charge in [-0.3, -0.25) is 0 Å². The summed E-state index contributed by atoms with van der Waals surface area (Å²) < 4.78 is 42.0. The van der Waals surface area contributed by atoms with Crippen molar-refractivity contribution >= 4 is 36.0 Å². The number of rotatable bonds is 18. The fraction of sp³-hybridized carbons (Fsp3) is 0.105. The summed E-state index contributed by atoms with van der Waals surface area (Å²) in [6.07, 6.45) is 12.3. The quantitative estimate of drug-likeness (QED) is 0.0498. The van der Waals surface area contributed by atoms with Crippen LogP contribution >= 0.6 is 0 Å². The first-order valence-corrected chi connectivity index (χ1v) is 14.5. The Kier molecular flexibility index (Phi) is 16.1. The number of hydrogen-bond acceptors (Lipinski definition) is 12. The summed E-state index contributed by atoms with van der Waals surface area (Å²) in [6, 6.07) is 9.92. The first-order valence-electron chi connectivity index (χ1n) is 14.5. The van der Waals surface area contributed by atoms with Gasteiger partial charge in [0.25, 0.3) is 0 Å². The third-order valence-electron chi connectivity index (χ3n) is 5.50. The highest BCUT2D eigenvalue weighted by Gasteiger charge is 2.09. The first kappa shape index (κ1) is 39.4. The van der Waals surface area contributed by atoms with Gasteiger partial charge in [0, 0.05) is 22.3 Å². The van der Waals surface area contributed by atoms with Crippen molar-refractivity contribution in [1.82, 2.24) is 0 Å². The second-order valence-corrected chi connectivity index (χ2v) is 10.0. The molecule has 0 spiro atoms. The Hall–Kier alpha value is -6.82. The van der Waals surface area contributed by atoms with E-state index in [9.17, 15) is 19.2 Å². The summed E-state index contributed by atoms with van der Waals surface area (Å²) in [5.74, 6) is -1.62. The highest BCUT2D eigenvalue weighted by atomic mass is 16.6. The van der Waals surface area contributed by atoms with Gasteiger partial charge < -0.3 is 37.9 Å². The number of ether oxygens (including phenoxy) is 8. The van der Waals surface area contributed by atoms with Crippen LogP contribution in [0, 0.1) is 0 Å². The van der Waals surface area contributed by atoms with Crippen LogP contribution in [-0.2, 0) is 38.1 Å². The van der Waals surface area contributed by atoms with Crippen LogP contribution in [0.2, 0.25) is 0 Å². The van der Waals surface area contributed by atoms with E-state index in [1.807, 2.05) is 0 Å². The molecular weight excluding hydrogens is 648 g/mol. The van der Waals surface area contributed by atoms with Crippen molar-refractivity contribution in [2.75, 3.05) is 0 Å². The maximum Gasteiger partial charge on any atom is 0.338 e. The van der Waals surface area contributed by atoms with Crippen molar-refractivity contribution in [3.05, 3.63) is 146 Å². The molecule has 0 unspecified atom stereocenters. The second-order valence-electron chi connectivity index (χ2n) is 10.0. The molecule has 0 N–H and O–H groups in total. The van der Waals surface area contributed by atoms with Crippen LogP contribution in [0.5, 0.6) is 23.0 Å². The summed E-state index contributed by atoms with van der Waals surface area (Å²) in [5.41, 5.74) is 2.16. The van der Waals surface area contributed by atoms with E-state index in [0.717, 1.165) is 50.1 Å². The second kappa shape index (κ2) is 20.4. The first-order chi connectivity index (χ1) is 23.8. The van der Waals surface area contributed by atoms with Gasteiger partial charge in [0.15, 0.2) is 23.0 Å². The lowest BCUT2D eigenvalue weighted by atomic mass is 10.1. The summed E-state index contributed by atoms with van der Waals surface area (Å²) in [7, 11) is 0. The van der Waals surface area contributed by atoms with E-state index in [1.54, 1.807) is 48.6 Å². The zero-order valence-electron chi connectivity index (χ0n) is 28.0. The van der Waals surface area contributed by atoms with Gasteiger partial charge in [0.2, 0.25) is 0 Å². The number of hydrogen-bond donors (Lipinski definition) is 0. The van der Waals surface area contributed by atoms with Crippen molar-refractivity contribution in [1.29, 1.82) is 0 Å². The molecule has 0 heterocycles. The Bertz CT molecular complexity index is 1660. The Morgan fingerprint density at radius 1 is 0.420 bits per heavy atom. The molecule has 0 saturated heterocycles. The maximum absolute atomic E-state index is 11.7. The molecule has 0 aliphatic carbocycles. The molecule has 0 aliphatic rings.